The van der Waals surface area contributed by atoms with Crippen LogP contribution < -0.4 is 25.3 Å². The Morgan fingerprint density at radius 3 is 2.36 bits per heavy atom. The molecular weight excluding hydrogens is 428 g/mol. The van der Waals surface area contributed by atoms with Gasteiger partial charge in [-0.1, -0.05) is 31.1 Å². The summed E-state index contributed by atoms with van der Waals surface area (Å²) in [6.45, 7) is 5.42. The van der Waals surface area contributed by atoms with Crippen molar-refractivity contribution in [1.82, 2.24) is 10.1 Å². The summed E-state index contributed by atoms with van der Waals surface area (Å²) in [5.41, 5.74) is 7.35. The topological polar surface area (TPSA) is 139 Å². The maximum Gasteiger partial charge on any atom is 0.260 e. The number of nitrogens with one attached hydrogen (secondary N) is 1. The fraction of sp³-hybridized carbons (Fsp3) is 0.304. The molecule has 33 heavy (non-hydrogen) atoms. The number of para-hydroxylation sites is 1. The molecule has 0 saturated carbocycles. The number of amides is 2. The number of nitrogens with zero attached hydrogens (tertiary/aromatic N) is 2. The van der Waals surface area contributed by atoms with Crippen molar-refractivity contribution >= 4 is 17.5 Å². The molecular formula is C23H26N4O6. The van der Waals surface area contributed by atoms with Gasteiger partial charge in [-0.15, -0.1) is 0 Å². The first-order valence-corrected chi connectivity index (χ1v) is 10.2. The average molecular weight is 454 g/mol. The Bertz CT molecular complexity index is 1150. The van der Waals surface area contributed by atoms with Crippen LogP contribution in [0, 0.1) is 6.92 Å². The highest BCUT2D eigenvalue weighted by Gasteiger charge is 2.21. The highest BCUT2D eigenvalue weighted by atomic mass is 16.5. The lowest BCUT2D eigenvalue weighted by atomic mass is 10.1. The van der Waals surface area contributed by atoms with Gasteiger partial charge in [-0.05, 0) is 30.7 Å². The van der Waals surface area contributed by atoms with Gasteiger partial charge in [0.15, 0.2) is 23.9 Å². The highest BCUT2D eigenvalue weighted by molar-refractivity contribution is 6.07. The van der Waals surface area contributed by atoms with Gasteiger partial charge in [-0.3, -0.25) is 9.59 Å². The van der Waals surface area contributed by atoms with E-state index in [0.29, 0.717) is 23.0 Å². The summed E-state index contributed by atoms with van der Waals surface area (Å²) in [6.07, 6.45) is 0. The third-order valence-corrected chi connectivity index (χ3v) is 4.78. The van der Waals surface area contributed by atoms with Gasteiger partial charge in [0.1, 0.15) is 0 Å². The van der Waals surface area contributed by atoms with E-state index in [-0.39, 0.29) is 35.3 Å². The number of hydrogen-bond donors (Lipinski definition) is 2. The van der Waals surface area contributed by atoms with Crippen LogP contribution in [-0.2, 0) is 4.79 Å². The second-order valence-electron chi connectivity index (χ2n) is 7.53. The van der Waals surface area contributed by atoms with Crippen molar-refractivity contribution in [3.63, 3.8) is 0 Å². The molecule has 0 radical (unpaired) electrons. The van der Waals surface area contributed by atoms with Gasteiger partial charge in [-0.2, -0.15) is 4.98 Å². The summed E-state index contributed by atoms with van der Waals surface area (Å²) >= 11 is 0. The number of primary amides is 1. The van der Waals surface area contributed by atoms with Crippen LogP contribution in [0.4, 0.5) is 5.69 Å². The van der Waals surface area contributed by atoms with Crippen molar-refractivity contribution in [1.29, 1.82) is 0 Å². The summed E-state index contributed by atoms with van der Waals surface area (Å²) in [4.78, 5) is 28.7. The summed E-state index contributed by atoms with van der Waals surface area (Å²) in [5, 5.41) is 6.92. The minimum atomic E-state index is -0.658. The molecule has 1 aromatic heterocycles. The normalized spacial score (nSPS) is 10.7. The van der Waals surface area contributed by atoms with Crippen molar-refractivity contribution in [3.8, 4) is 28.7 Å². The molecule has 3 N–H and O–H groups in total. The van der Waals surface area contributed by atoms with Gasteiger partial charge < -0.3 is 29.8 Å². The Morgan fingerprint density at radius 2 is 1.82 bits per heavy atom. The van der Waals surface area contributed by atoms with Crippen LogP contribution in [0.1, 0.15) is 41.5 Å². The zero-order chi connectivity index (χ0) is 24.1. The first kappa shape index (κ1) is 23.6. The molecule has 0 saturated heterocycles. The van der Waals surface area contributed by atoms with Gasteiger partial charge in [0.25, 0.3) is 17.7 Å². The molecule has 3 rings (SSSR count). The third-order valence-electron chi connectivity index (χ3n) is 4.78. The number of hydrogen-bond acceptors (Lipinski definition) is 8. The molecule has 2 aromatic carbocycles. The molecule has 0 spiro atoms. The predicted molar refractivity (Wildman–Crippen MR) is 121 cm³/mol. The summed E-state index contributed by atoms with van der Waals surface area (Å²) in [7, 11) is 2.82. The Labute approximate surface area is 191 Å². The number of nitrogens with two attached hydrogens (primary N) is 1. The Morgan fingerprint density at radius 1 is 1.15 bits per heavy atom. The second-order valence-corrected chi connectivity index (χ2v) is 7.53. The summed E-state index contributed by atoms with van der Waals surface area (Å²) in [5.74, 6) is 0.489. The monoisotopic (exact) mass is 454 g/mol. The van der Waals surface area contributed by atoms with Crippen molar-refractivity contribution in [2.75, 3.05) is 26.1 Å². The highest BCUT2D eigenvalue weighted by Crippen LogP contribution is 2.39. The summed E-state index contributed by atoms with van der Waals surface area (Å²) in [6, 6.07) is 8.46. The Hall–Kier alpha value is -4.08. The van der Waals surface area contributed by atoms with E-state index in [2.05, 4.69) is 15.5 Å². The molecule has 0 aliphatic rings. The number of rotatable bonds is 9. The standard InChI is InChI=1S/C23H26N4O6/c1-12(2)21-26-23(33-27-21)15-8-6-7-13(3)19(15)25-22(29)14-9-16(30-4)20(17(10-14)31-5)32-11-18(24)28/h6-10,12H,11H2,1-5H3,(H2,24,28)(H,25,29). The molecule has 0 bridgehead atoms. The molecule has 0 unspecified atom stereocenters. The largest absolute Gasteiger partial charge is 0.493 e. The van der Waals surface area contributed by atoms with Crippen LogP contribution in [0.25, 0.3) is 11.5 Å². The molecule has 2 amide bonds. The van der Waals surface area contributed by atoms with Crippen LogP contribution in [0.3, 0.4) is 0 Å². The van der Waals surface area contributed by atoms with Crippen molar-refractivity contribution < 1.29 is 28.3 Å². The number of ether oxygens (including phenoxy) is 3. The van der Waals surface area contributed by atoms with Crippen molar-refractivity contribution in [2.24, 2.45) is 5.73 Å². The van der Waals surface area contributed by atoms with E-state index in [1.165, 1.54) is 26.4 Å². The van der Waals surface area contributed by atoms with Gasteiger partial charge in [0, 0.05) is 11.5 Å². The summed E-state index contributed by atoms with van der Waals surface area (Å²) < 4.78 is 21.5. The minimum absolute atomic E-state index is 0.0978. The fourth-order valence-corrected chi connectivity index (χ4v) is 3.07. The van der Waals surface area contributed by atoms with Crippen LogP contribution in [0.2, 0.25) is 0 Å². The Kier molecular flexibility index (Phi) is 7.17. The third kappa shape index (κ3) is 5.22. The minimum Gasteiger partial charge on any atom is -0.493 e. The van der Waals surface area contributed by atoms with E-state index >= 15 is 0 Å². The maximum atomic E-state index is 13.2. The first-order valence-electron chi connectivity index (χ1n) is 10.2. The lowest BCUT2D eigenvalue weighted by Crippen LogP contribution is -2.20. The lowest BCUT2D eigenvalue weighted by molar-refractivity contribution is -0.120. The maximum absolute atomic E-state index is 13.2. The smallest absolute Gasteiger partial charge is 0.260 e. The average Bonchev–Trinajstić information content (AvgIpc) is 3.28. The van der Waals surface area contributed by atoms with E-state index in [1.54, 1.807) is 6.07 Å². The SMILES string of the molecule is COc1cc(C(=O)Nc2c(C)cccc2-c2nc(C(C)C)no2)cc(OC)c1OCC(N)=O. The lowest BCUT2D eigenvalue weighted by Gasteiger charge is -2.16. The molecule has 1 heterocycles. The molecule has 0 aliphatic carbocycles. The number of carbonyl (C=O) groups is 2. The van der Waals surface area contributed by atoms with E-state index in [4.69, 9.17) is 24.5 Å². The number of carbonyl (C=O) groups excluding carboxylic acids is 2. The van der Waals surface area contributed by atoms with Crippen LogP contribution in [0.15, 0.2) is 34.9 Å². The molecule has 10 heteroatoms. The number of aryl methyl sites for hydroxylation is 1. The molecule has 0 aliphatic heterocycles. The second kappa shape index (κ2) is 10.0. The Balaban J connectivity index is 1.96. The molecule has 0 fully saturated rings. The molecule has 174 valence electrons. The quantitative estimate of drug-likeness (QED) is 0.502. The van der Waals surface area contributed by atoms with E-state index in [9.17, 15) is 9.59 Å². The van der Waals surface area contributed by atoms with Crippen molar-refractivity contribution in [3.05, 3.63) is 47.3 Å². The van der Waals surface area contributed by atoms with E-state index in [0.717, 1.165) is 5.56 Å². The zero-order valence-electron chi connectivity index (χ0n) is 19.1. The number of methoxy groups -OCH3 is 2. The molecule has 0 atom stereocenters. The van der Waals surface area contributed by atoms with Gasteiger partial charge in [-0.25, -0.2) is 0 Å². The molecule has 3 aromatic rings. The van der Waals surface area contributed by atoms with Crippen LogP contribution >= 0.6 is 0 Å². The number of anilines is 1. The van der Waals surface area contributed by atoms with Crippen molar-refractivity contribution in [2.45, 2.75) is 26.7 Å². The van der Waals surface area contributed by atoms with Gasteiger partial charge >= 0.3 is 0 Å². The van der Waals surface area contributed by atoms with Crippen LogP contribution in [-0.4, -0.2) is 42.8 Å². The fourth-order valence-electron chi connectivity index (χ4n) is 3.07. The predicted octanol–water partition coefficient (Wildman–Crippen LogP) is 3.30. The van der Waals surface area contributed by atoms with Crippen LogP contribution in [0.5, 0.6) is 17.2 Å². The number of benzene rings is 2. The van der Waals surface area contributed by atoms with Gasteiger partial charge in [0.05, 0.1) is 25.5 Å². The van der Waals surface area contributed by atoms with Gasteiger partial charge in [0.2, 0.25) is 5.75 Å². The molecule has 10 nitrogen and oxygen atoms in total. The first-order chi connectivity index (χ1) is 15.7. The number of aromatic nitrogens is 2. The zero-order valence-corrected chi connectivity index (χ0v) is 19.1. The van der Waals surface area contributed by atoms with E-state index < -0.39 is 11.8 Å². The van der Waals surface area contributed by atoms with E-state index in [1.807, 2.05) is 32.9 Å².